The van der Waals surface area contributed by atoms with E-state index >= 15 is 0 Å². The molecule has 3 heteroatoms. The lowest BCUT2D eigenvalue weighted by molar-refractivity contribution is 0.669. The van der Waals surface area contributed by atoms with Crippen LogP contribution in [-0.4, -0.2) is 4.57 Å². The molecule has 0 saturated carbocycles. The van der Waals surface area contributed by atoms with Gasteiger partial charge in [-0.25, -0.2) is 0 Å². The van der Waals surface area contributed by atoms with Crippen molar-refractivity contribution in [1.29, 1.82) is 0 Å². The van der Waals surface area contributed by atoms with Crippen LogP contribution in [0.5, 0.6) is 0 Å². The molecule has 304 valence electrons. The first kappa shape index (κ1) is 36.9. The second kappa shape index (κ2) is 15.0. The summed E-state index contributed by atoms with van der Waals surface area (Å²) < 4.78 is 8.83. The molecule has 3 nitrogen and oxygen atoms in total. The van der Waals surface area contributed by atoms with Gasteiger partial charge in [-0.3, -0.25) is 0 Å². The number of furan rings is 1. The van der Waals surface area contributed by atoms with Gasteiger partial charge >= 0.3 is 0 Å². The summed E-state index contributed by atoms with van der Waals surface area (Å²) >= 11 is 0. The van der Waals surface area contributed by atoms with E-state index in [9.17, 15) is 0 Å². The van der Waals surface area contributed by atoms with Gasteiger partial charge in [0, 0.05) is 44.2 Å². The first-order valence-corrected chi connectivity index (χ1v) is 22.2. The normalized spacial score (nSPS) is 11.7. The van der Waals surface area contributed by atoms with E-state index in [0.29, 0.717) is 0 Å². The quantitative estimate of drug-likeness (QED) is 0.149. The van der Waals surface area contributed by atoms with Gasteiger partial charge in [0.1, 0.15) is 11.2 Å². The molecular weight excluding hydrogens is 789 g/mol. The van der Waals surface area contributed by atoms with Crippen LogP contribution >= 0.6 is 0 Å². The first-order valence-electron chi connectivity index (χ1n) is 22.2. The highest BCUT2D eigenvalue weighted by atomic mass is 16.3. The van der Waals surface area contributed by atoms with Crippen molar-refractivity contribution in [3.8, 4) is 39.1 Å². The highest BCUT2D eigenvalue weighted by Gasteiger charge is 2.24. The largest absolute Gasteiger partial charge is 0.456 e. The van der Waals surface area contributed by atoms with E-state index in [4.69, 9.17) is 4.42 Å². The molecule has 2 aromatic heterocycles. The molecule has 0 amide bonds. The lowest BCUT2D eigenvalue weighted by Crippen LogP contribution is -2.12. The topological polar surface area (TPSA) is 21.3 Å². The van der Waals surface area contributed by atoms with Crippen LogP contribution in [-0.2, 0) is 0 Å². The van der Waals surface area contributed by atoms with E-state index in [0.717, 1.165) is 66.9 Å². The molecule has 13 aromatic rings. The number of benzene rings is 11. The SMILES string of the molecule is c1ccc(-c2ccc(N(c3ccc4c5ccccc5n(-c5ccccc5)c4c3)c3cccc(-c4cc5ccccc5c5ccccc45)c3-c3ccc4oc5ccccc5c4c3)cc2)cc1. The maximum atomic E-state index is 6.43. The molecule has 0 spiro atoms. The summed E-state index contributed by atoms with van der Waals surface area (Å²) in [4.78, 5) is 2.46. The summed E-state index contributed by atoms with van der Waals surface area (Å²) in [6, 6.07) is 88.0. The van der Waals surface area contributed by atoms with Crippen molar-refractivity contribution in [1.82, 2.24) is 4.57 Å². The smallest absolute Gasteiger partial charge is 0.135 e. The van der Waals surface area contributed by atoms with Crippen LogP contribution in [0.2, 0.25) is 0 Å². The van der Waals surface area contributed by atoms with Crippen molar-refractivity contribution in [2.75, 3.05) is 4.90 Å². The van der Waals surface area contributed by atoms with E-state index in [2.05, 4.69) is 246 Å². The fourth-order valence-corrected chi connectivity index (χ4v) is 10.2. The zero-order valence-electron chi connectivity index (χ0n) is 35.4. The molecule has 0 radical (unpaired) electrons. The van der Waals surface area contributed by atoms with Crippen molar-refractivity contribution in [3.05, 3.63) is 243 Å². The summed E-state index contributed by atoms with van der Waals surface area (Å²) in [7, 11) is 0. The van der Waals surface area contributed by atoms with Crippen LogP contribution in [0.15, 0.2) is 247 Å². The van der Waals surface area contributed by atoms with E-state index < -0.39 is 0 Å². The Balaban J connectivity index is 1.13. The number of fused-ring (bicyclic) bond motifs is 9. The van der Waals surface area contributed by atoms with E-state index in [-0.39, 0.29) is 0 Å². The van der Waals surface area contributed by atoms with Crippen LogP contribution < -0.4 is 4.90 Å². The zero-order valence-corrected chi connectivity index (χ0v) is 35.4. The van der Waals surface area contributed by atoms with Gasteiger partial charge in [-0.05, 0) is 122 Å². The number of para-hydroxylation sites is 3. The molecule has 0 unspecified atom stereocenters. The minimum absolute atomic E-state index is 0.873. The maximum absolute atomic E-state index is 6.43. The summed E-state index contributed by atoms with van der Waals surface area (Å²) in [5.74, 6) is 0. The Morgan fingerprint density at radius 3 is 1.77 bits per heavy atom. The Morgan fingerprint density at radius 2 is 0.938 bits per heavy atom. The van der Waals surface area contributed by atoms with Gasteiger partial charge in [0.15, 0.2) is 0 Å². The fraction of sp³-hybridized carbons (Fsp3) is 0. The van der Waals surface area contributed by atoms with Crippen molar-refractivity contribution in [3.63, 3.8) is 0 Å². The Bertz CT molecular complexity index is 3940. The van der Waals surface area contributed by atoms with Gasteiger partial charge in [0.05, 0.1) is 16.7 Å². The van der Waals surface area contributed by atoms with Crippen LogP contribution in [0, 0.1) is 0 Å². The lowest BCUT2D eigenvalue weighted by atomic mass is 9.87. The molecule has 0 atom stereocenters. The minimum Gasteiger partial charge on any atom is -0.456 e. The molecule has 2 heterocycles. The Kier molecular flexibility index (Phi) is 8.53. The third-order valence-corrected chi connectivity index (χ3v) is 13.2. The second-order valence-corrected chi connectivity index (χ2v) is 16.8. The van der Waals surface area contributed by atoms with Crippen molar-refractivity contribution in [2.45, 2.75) is 0 Å². The first-order chi connectivity index (χ1) is 32.2. The van der Waals surface area contributed by atoms with Gasteiger partial charge in [0.2, 0.25) is 0 Å². The fourth-order valence-electron chi connectivity index (χ4n) is 10.2. The molecule has 0 fully saturated rings. The van der Waals surface area contributed by atoms with Gasteiger partial charge in [0.25, 0.3) is 0 Å². The van der Waals surface area contributed by atoms with E-state index in [1.54, 1.807) is 0 Å². The molecule has 13 rings (SSSR count). The average Bonchev–Trinajstić information content (AvgIpc) is 3.92. The van der Waals surface area contributed by atoms with E-state index in [1.165, 1.54) is 54.5 Å². The summed E-state index contributed by atoms with van der Waals surface area (Å²) in [5, 5.41) is 9.54. The molecule has 0 N–H and O–H groups in total. The summed E-state index contributed by atoms with van der Waals surface area (Å²) in [5.41, 5.74) is 15.3. The zero-order chi connectivity index (χ0) is 42.8. The molecule has 0 bridgehead atoms. The third-order valence-electron chi connectivity index (χ3n) is 13.2. The lowest BCUT2D eigenvalue weighted by Gasteiger charge is -2.30. The van der Waals surface area contributed by atoms with Gasteiger partial charge in [-0.1, -0.05) is 170 Å². The van der Waals surface area contributed by atoms with Crippen LogP contribution in [0.1, 0.15) is 0 Å². The van der Waals surface area contributed by atoms with Gasteiger partial charge < -0.3 is 13.9 Å². The number of nitrogens with zero attached hydrogens (tertiary/aromatic N) is 2. The van der Waals surface area contributed by atoms with Gasteiger partial charge in [-0.2, -0.15) is 0 Å². The number of anilines is 3. The predicted molar refractivity (Wildman–Crippen MR) is 274 cm³/mol. The summed E-state index contributed by atoms with van der Waals surface area (Å²) in [6.07, 6.45) is 0. The Hall–Kier alpha value is -8.66. The molecule has 0 aliphatic carbocycles. The summed E-state index contributed by atoms with van der Waals surface area (Å²) in [6.45, 7) is 0. The monoisotopic (exact) mass is 828 g/mol. The van der Waals surface area contributed by atoms with E-state index in [1.807, 2.05) is 6.07 Å². The number of hydrogen-bond acceptors (Lipinski definition) is 2. The molecular formula is C62H40N2O. The number of aromatic nitrogens is 1. The van der Waals surface area contributed by atoms with Crippen molar-refractivity contribution >= 4 is 82.4 Å². The predicted octanol–water partition coefficient (Wildman–Crippen LogP) is 17.5. The molecule has 11 aromatic carbocycles. The molecule has 0 saturated heterocycles. The maximum Gasteiger partial charge on any atom is 0.135 e. The Morgan fingerprint density at radius 1 is 0.323 bits per heavy atom. The molecule has 0 aliphatic rings. The average molecular weight is 829 g/mol. The number of rotatable bonds is 7. The van der Waals surface area contributed by atoms with Crippen LogP contribution in [0.4, 0.5) is 17.1 Å². The highest BCUT2D eigenvalue weighted by molar-refractivity contribution is 6.17. The third kappa shape index (κ3) is 6.05. The van der Waals surface area contributed by atoms with Gasteiger partial charge in [-0.15, -0.1) is 0 Å². The number of hydrogen-bond donors (Lipinski definition) is 0. The highest BCUT2D eigenvalue weighted by Crippen LogP contribution is 2.49. The van der Waals surface area contributed by atoms with Crippen molar-refractivity contribution in [2.24, 2.45) is 0 Å². The second-order valence-electron chi connectivity index (χ2n) is 16.8. The molecule has 0 aliphatic heterocycles. The van der Waals surface area contributed by atoms with Crippen LogP contribution in [0.25, 0.3) is 104 Å². The minimum atomic E-state index is 0.873. The van der Waals surface area contributed by atoms with Crippen LogP contribution in [0.3, 0.4) is 0 Å². The molecule has 65 heavy (non-hydrogen) atoms. The van der Waals surface area contributed by atoms with Crippen molar-refractivity contribution < 1.29 is 4.42 Å². The Labute approximate surface area is 376 Å². The standard InChI is InChI=1S/C62H40N2O/c1-3-16-41(17-4-1)42-30-33-46(34-31-42)63(47-35-36-52-51-24-11-13-27-57(51)64(59(52)40-47)45-19-5-2-6-20-45)58-28-15-26-54(55-38-43-18-7-8-21-48(43)49-22-9-10-23-50(49)55)62(58)44-32-37-61-56(39-44)53-25-12-14-29-60(53)65-61/h1-40H.